The largest absolute Gasteiger partial charge is 0.612 e. The lowest BCUT2D eigenvalue weighted by atomic mass is 10.0. The van der Waals surface area contributed by atoms with E-state index in [4.69, 9.17) is 4.74 Å². The summed E-state index contributed by atoms with van der Waals surface area (Å²) in [5.74, 6) is 0.247. The number of ether oxygens (including phenoxy) is 1. The van der Waals surface area contributed by atoms with E-state index in [0.717, 1.165) is 0 Å². The maximum atomic E-state index is 12.3. The van der Waals surface area contributed by atoms with Crippen LogP contribution in [-0.4, -0.2) is 28.2 Å². The quantitative estimate of drug-likeness (QED) is 0.755. The molecule has 0 amide bonds. The molecule has 0 aliphatic carbocycles. The maximum Gasteiger partial charge on any atom is 0.392 e. The summed E-state index contributed by atoms with van der Waals surface area (Å²) in [7, 11) is 1.59. The van der Waals surface area contributed by atoms with Crippen molar-refractivity contribution in [1.29, 1.82) is 0 Å². The van der Waals surface area contributed by atoms with Crippen LogP contribution in [0.5, 0.6) is 5.75 Å². The SMILES string of the molecule is Cc1cc(-c2cc([S@@+](C)[O-])ccc2OCCC(F)(F)F)cn(C)c1=O. The summed E-state index contributed by atoms with van der Waals surface area (Å²) >= 11 is -1.26. The minimum absolute atomic E-state index is 0.168. The molecular weight excluding hydrogens is 355 g/mol. The molecule has 1 aromatic heterocycles. The Morgan fingerprint density at radius 2 is 1.96 bits per heavy atom. The highest BCUT2D eigenvalue weighted by Gasteiger charge is 2.27. The summed E-state index contributed by atoms with van der Waals surface area (Å²) in [6, 6.07) is 6.30. The van der Waals surface area contributed by atoms with Crippen LogP contribution in [0.25, 0.3) is 11.1 Å². The third-order valence-electron chi connectivity index (χ3n) is 3.60. The summed E-state index contributed by atoms with van der Waals surface area (Å²) in [6.07, 6.45) is -2.29. The fourth-order valence-electron chi connectivity index (χ4n) is 2.34. The van der Waals surface area contributed by atoms with Gasteiger partial charge in [0.1, 0.15) is 12.0 Å². The minimum atomic E-state index is -4.31. The van der Waals surface area contributed by atoms with Gasteiger partial charge in [0, 0.05) is 36.0 Å². The lowest BCUT2D eigenvalue weighted by molar-refractivity contribution is -0.139. The molecule has 1 atom stereocenters. The zero-order valence-corrected chi connectivity index (χ0v) is 14.8. The van der Waals surface area contributed by atoms with E-state index in [1.54, 1.807) is 38.4 Å². The highest BCUT2D eigenvalue weighted by Crippen LogP contribution is 2.33. The van der Waals surface area contributed by atoms with Gasteiger partial charge in [-0.05, 0) is 36.3 Å². The second-order valence-electron chi connectivity index (χ2n) is 5.65. The molecule has 0 unspecified atom stereocenters. The van der Waals surface area contributed by atoms with Crippen LogP contribution in [0.3, 0.4) is 0 Å². The predicted octanol–water partition coefficient (Wildman–Crippen LogP) is 3.43. The molecule has 25 heavy (non-hydrogen) atoms. The number of halogens is 3. The van der Waals surface area contributed by atoms with Crippen LogP contribution >= 0.6 is 0 Å². The lowest BCUT2D eigenvalue weighted by Crippen LogP contribution is -2.18. The smallest absolute Gasteiger partial charge is 0.392 e. The van der Waals surface area contributed by atoms with Gasteiger partial charge < -0.3 is 13.9 Å². The first-order chi connectivity index (χ1) is 11.6. The molecule has 1 heterocycles. The van der Waals surface area contributed by atoms with Crippen molar-refractivity contribution >= 4 is 11.2 Å². The number of hydrogen-bond acceptors (Lipinski definition) is 3. The van der Waals surface area contributed by atoms with E-state index in [0.29, 0.717) is 21.6 Å². The number of aromatic nitrogens is 1. The Labute approximate surface area is 146 Å². The lowest BCUT2D eigenvalue weighted by Gasteiger charge is -2.15. The van der Waals surface area contributed by atoms with Gasteiger partial charge in [-0.25, -0.2) is 0 Å². The molecular formula is C17H18F3NO3S. The number of pyridine rings is 1. The molecule has 8 heteroatoms. The van der Waals surface area contributed by atoms with Gasteiger partial charge in [0.25, 0.3) is 5.56 Å². The predicted molar refractivity (Wildman–Crippen MR) is 90.4 cm³/mol. The van der Waals surface area contributed by atoms with E-state index in [2.05, 4.69) is 0 Å². The van der Waals surface area contributed by atoms with Crippen molar-refractivity contribution in [2.45, 2.75) is 24.4 Å². The summed E-state index contributed by atoms with van der Waals surface area (Å²) in [5.41, 5.74) is 1.42. The van der Waals surface area contributed by atoms with Crippen LogP contribution in [-0.2, 0) is 18.2 Å². The molecule has 2 aromatic rings. The van der Waals surface area contributed by atoms with Crippen LogP contribution in [0.15, 0.2) is 40.2 Å². The van der Waals surface area contributed by atoms with E-state index >= 15 is 0 Å². The Morgan fingerprint density at radius 1 is 1.28 bits per heavy atom. The van der Waals surface area contributed by atoms with E-state index in [1.807, 2.05) is 0 Å². The number of nitrogens with zero attached hydrogens (tertiary/aromatic N) is 1. The average molecular weight is 373 g/mol. The van der Waals surface area contributed by atoms with Gasteiger partial charge in [-0.1, -0.05) is 0 Å². The average Bonchev–Trinajstić information content (AvgIpc) is 2.51. The van der Waals surface area contributed by atoms with Gasteiger partial charge in [-0.3, -0.25) is 4.79 Å². The molecule has 2 rings (SSSR count). The molecule has 0 saturated heterocycles. The topological polar surface area (TPSA) is 54.3 Å². The van der Waals surface area contributed by atoms with Crippen LogP contribution in [0.1, 0.15) is 12.0 Å². The molecule has 0 bridgehead atoms. The zero-order valence-electron chi connectivity index (χ0n) is 14.0. The third-order valence-corrected chi connectivity index (χ3v) is 4.52. The van der Waals surface area contributed by atoms with Crippen molar-refractivity contribution in [1.82, 2.24) is 4.57 Å². The van der Waals surface area contributed by atoms with Crippen LogP contribution < -0.4 is 10.3 Å². The Bertz CT molecular complexity index is 790. The van der Waals surface area contributed by atoms with Crippen molar-refractivity contribution < 1.29 is 22.5 Å². The van der Waals surface area contributed by atoms with E-state index < -0.39 is 30.4 Å². The van der Waals surface area contributed by atoms with Crippen molar-refractivity contribution in [3.8, 4) is 16.9 Å². The summed E-state index contributed by atoms with van der Waals surface area (Å²) in [4.78, 5) is 12.4. The number of rotatable bonds is 5. The first kappa shape index (κ1) is 19.4. The molecule has 136 valence electrons. The number of alkyl halides is 3. The highest BCUT2D eigenvalue weighted by atomic mass is 32.2. The summed E-state index contributed by atoms with van der Waals surface area (Å²) in [5, 5.41) is 0. The normalized spacial score (nSPS) is 12.9. The molecule has 4 nitrogen and oxygen atoms in total. The zero-order chi connectivity index (χ0) is 18.8. The molecule has 0 saturated carbocycles. The molecule has 0 aliphatic heterocycles. The van der Waals surface area contributed by atoms with Gasteiger partial charge in [-0.2, -0.15) is 13.2 Å². The van der Waals surface area contributed by atoms with Crippen molar-refractivity contribution in [2.75, 3.05) is 12.9 Å². The van der Waals surface area contributed by atoms with Crippen molar-refractivity contribution in [3.05, 3.63) is 46.4 Å². The van der Waals surface area contributed by atoms with E-state index in [-0.39, 0.29) is 11.3 Å². The van der Waals surface area contributed by atoms with Crippen LogP contribution in [0.4, 0.5) is 13.2 Å². The monoisotopic (exact) mass is 373 g/mol. The first-order valence-electron chi connectivity index (χ1n) is 7.43. The van der Waals surface area contributed by atoms with E-state index in [9.17, 15) is 22.5 Å². The van der Waals surface area contributed by atoms with Gasteiger partial charge in [0.15, 0.2) is 4.90 Å². The molecule has 0 spiro atoms. The van der Waals surface area contributed by atoms with Gasteiger partial charge >= 0.3 is 6.18 Å². The van der Waals surface area contributed by atoms with Gasteiger partial charge in [0.2, 0.25) is 0 Å². The number of hydrogen-bond donors (Lipinski definition) is 0. The molecule has 0 aliphatic rings. The van der Waals surface area contributed by atoms with E-state index in [1.165, 1.54) is 16.9 Å². The number of aryl methyl sites for hydroxylation is 2. The third kappa shape index (κ3) is 5.02. The Balaban J connectivity index is 2.45. The Morgan fingerprint density at radius 3 is 2.52 bits per heavy atom. The van der Waals surface area contributed by atoms with Gasteiger partial charge in [-0.15, -0.1) is 0 Å². The molecule has 1 aromatic carbocycles. The number of benzene rings is 1. The van der Waals surface area contributed by atoms with Crippen LogP contribution in [0, 0.1) is 6.92 Å². The molecule has 0 radical (unpaired) electrons. The first-order valence-corrected chi connectivity index (χ1v) is 8.99. The van der Waals surface area contributed by atoms with Gasteiger partial charge in [0.05, 0.1) is 13.0 Å². The Kier molecular flexibility index (Phi) is 5.84. The maximum absolute atomic E-state index is 12.3. The second kappa shape index (κ2) is 7.53. The Hall–Kier alpha value is -1.93. The second-order valence-corrected chi connectivity index (χ2v) is 7.03. The molecule has 0 fully saturated rings. The standard InChI is InChI=1S/C17H18F3NO3S/c1-11-8-12(10-21(2)16(11)22)14-9-13(25(3)23)4-5-15(14)24-7-6-17(18,19)20/h4-5,8-10H,6-7H2,1-3H3/t25-/m1/s1. The van der Waals surface area contributed by atoms with Crippen molar-refractivity contribution in [2.24, 2.45) is 7.05 Å². The summed E-state index contributed by atoms with van der Waals surface area (Å²) in [6.45, 7) is 1.13. The minimum Gasteiger partial charge on any atom is -0.612 e. The molecule has 0 N–H and O–H groups in total. The van der Waals surface area contributed by atoms with Crippen molar-refractivity contribution in [3.63, 3.8) is 0 Å². The summed E-state index contributed by atoms with van der Waals surface area (Å²) < 4.78 is 55.5. The fourth-order valence-corrected chi connectivity index (χ4v) is 2.88. The van der Waals surface area contributed by atoms with Crippen LogP contribution in [0.2, 0.25) is 0 Å². The fraction of sp³-hybridized carbons (Fsp3) is 0.353. The highest BCUT2D eigenvalue weighted by molar-refractivity contribution is 7.90.